The molecule has 4 nitrogen and oxygen atoms in total. The topological polar surface area (TPSA) is 50.7 Å². The summed E-state index contributed by atoms with van der Waals surface area (Å²) in [6, 6.07) is 8.45. The molecule has 0 aliphatic heterocycles. The fourth-order valence-electron chi connectivity index (χ4n) is 2.61. The summed E-state index contributed by atoms with van der Waals surface area (Å²) in [6.07, 6.45) is 3.00. The van der Waals surface area contributed by atoms with Crippen LogP contribution in [0.2, 0.25) is 0 Å². The maximum atomic E-state index is 9.90. The molecule has 0 heterocycles. The van der Waals surface area contributed by atoms with E-state index in [1.165, 1.54) is 11.1 Å². The summed E-state index contributed by atoms with van der Waals surface area (Å²) >= 11 is 0. The van der Waals surface area contributed by atoms with E-state index in [1.54, 1.807) is 7.11 Å². The van der Waals surface area contributed by atoms with Crippen LogP contribution in [0.1, 0.15) is 30.1 Å². The Bertz CT molecular complexity index is 397. The van der Waals surface area contributed by atoms with Crippen LogP contribution in [0, 0.1) is 0 Å². The highest BCUT2D eigenvalue weighted by molar-refractivity contribution is 5.31. The van der Waals surface area contributed by atoms with Crippen molar-refractivity contribution in [2.75, 3.05) is 33.4 Å². The van der Waals surface area contributed by atoms with Gasteiger partial charge in [-0.2, -0.15) is 0 Å². The molecule has 1 aromatic carbocycles. The van der Waals surface area contributed by atoms with E-state index in [1.807, 2.05) is 0 Å². The smallest absolute Gasteiger partial charge is 0.0897 e. The molecule has 0 aromatic heterocycles. The minimum Gasteiger partial charge on any atom is -0.389 e. The van der Waals surface area contributed by atoms with Gasteiger partial charge in [0.25, 0.3) is 0 Å². The molecule has 0 saturated carbocycles. The van der Waals surface area contributed by atoms with E-state index in [0.29, 0.717) is 19.8 Å². The normalized spacial score (nSPS) is 19.6. The highest BCUT2D eigenvalue weighted by Gasteiger charge is 2.21. The molecule has 20 heavy (non-hydrogen) atoms. The van der Waals surface area contributed by atoms with Crippen molar-refractivity contribution in [1.82, 2.24) is 5.32 Å². The number of methoxy groups -OCH3 is 1. The summed E-state index contributed by atoms with van der Waals surface area (Å²) in [6.45, 7) is 2.32. The second-order valence-electron chi connectivity index (χ2n) is 5.26. The van der Waals surface area contributed by atoms with Crippen molar-refractivity contribution in [3.8, 4) is 0 Å². The summed E-state index contributed by atoms with van der Waals surface area (Å²) in [7, 11) is 1.67. The van der Waals surface area contributed by atoms with Crippen LogP contribution in [-0.2, 0) is 15.9 Å². The van der Waals surface area contributed by atoms with Gasteiger partial charge >= 0.3 is 0 Å². The molecule has 0 radical (unpaired) electrons. The Morgan fingerprint density at radius 1 is 1.40 bits per heavy atom. The number of aliphatic hydroxyl groups is 1. The monoisotopic (exact) mass is 279 g/mol. The summed E-state index contributed by atoms with van der Waals surface area (Å²) in [5.41, 5.74) is 2.68. The molecule has 1 aliphatic carbocycles. The zero-order chi connectivity index (χ0) is 14.2. The Balaban J connectivity index is 1.74. The number of aliphatic hydroxyl groups excluding tert-OH is 1. The van der Waals surface area contributed by atoms with Gasteiger partial charge < -0.3 is 19.9 Å². The van der Waals surface area contributed by atoms with Gasteiger partial charge in [0.1, 0.15) is 0 Å². The zero-order valence-electron chi connectivity index (χ0n) is 12.2. The average molecular weight is 279 g/mol. The van der Waals surface area contributed by atoms with E-state index < -0.39 is 6.10 Å². The number of hydrogen-bond acceptors (Lipinski definition) is 4. The summed E-state index contributed by atoms with van der Waals surface area (Å²) in [4.78, 5) is 0. The van der Waals surface area contributed by atoms with Crippen LogP contribution < -0.4 is 5.32 Å². The van der Waals surface area contributed by atoms with E-state index in [0.717, 1.165) is 25.8 Å². The average Bonchev–Trinajstić information content (AvgIpc) is 2.49. The third-order valence-corrected chi connectivity index (χ3v) is 3.67. The fourth-order valence-corrected chi connectivity index (χ4v) is 2.61. The largest absolute Gasteiger partial charge is 0.389 e. The number of benzene rings is 1. The Morgan fingerprint density at radius 3 is 3.10 bits per heavy atom. The first-order chi connectivity index (χ1) is 9.81. The van der Waals surface area contributed by atoms with Crippen LogP contribution in [0.3, 0.4) is 0 Å². The van der Waals surface area contributed by atoms with Gasteiger partial charge in [0, 0.05) is 20.2 Å². The van der Waals surface area contributed by atoms with Gasteiger partial charge in [-0.1, -0.05) is 24.3 Å². The van der Waals surface area contributed by atoms with Crippen LogP contribution in [0.5, 0.6) is 0 Å². The molecule has 2 atom stereocenters. The molecule has 1 aromatic rings. The third kappa shape index (κ3) is 4.56. The van der Waals surface area contributed by atoms with Crippen molar-refractivity contribution >= 4 is 0 Å². The lowest BCUT2D eigenvalue weighted by Gasteiger charge is -2.26. The molecule has 1 aliphatic rings. The molecular formula is C16H25NO3. The second-order valence-corrected chi connectivity index (χ2v) is 5.26. The molecule has 0 unspecified atom stereocenters. The van der Waals surface area contributed by atoms with Crippen molar-refractivity contribution < 1.29 is 14.6 Å². The van der Waals surface area contributed by atoms with E-state index in [-0.39, 0.29) is 6.10 Å². The lowest BCUT2D eigenvalue weighted by Crippen LogP contribution is -2.33. The first kappa shape index (κ1) is 15.4. The van der Waals surface area contributed by atoms with Crippen LogP contribution in [0.25, 0.3) is 0 Å². The predicted molar refractivity (Wildman–Crippen MR) is 78.8 cm³/mol. The minimum absolute atomic E-state index is 0.133. The lowest BCUT2D eigenvalue weighted by atomic mass is 9.89. The molecule has 0 bridgehead atoms. The first-order valence-corrected chi connectivity index (χ1v) is 7.38. The number of fused-ring (bicyclic) bond motifs is 1. The molecule has 4 heteroatoms. The lowest BCUT2D eigenvalue weighted by molar-refractivity contribution is -0.0169. The highest BCUT2D eigenvalue weighted by Crippen LogP contribution is 2.32. The molecule has 0 fully saturated rings. The minimum atomic E-state index is -0.471. The molecule has 0 saturated heterocycles. The van der Waals surface area contributed by atoms with Gasteiger partial charge in [-0.25, -0.2) is 0 Å². The van der Waals surface area contributed by atoms with Crippen LogP contribution >= 0.6 is 0 Å². The van der Waals surface area contributed by atoms with Gasteiger partial charge in [-0.3, -0.25) is 0 Å². The number of hydrogen-bond donors (Lipinski definition) is 2. The SMILES string of the molecule is COCCNC[C@@H](O)CO[C@@H]1CCCc2ccccc21. The van der Waals surface area contributed by atoms with E-state index >= 15 is 0 Å². The summed E-state index contributed by atoms with van der Waals surface area (Å²) in [5.74, 6) is 0. The third-order valence-electron chi connectivity index (χ3n) is 3.67. The van der Waals surface area contributed by atoms with Crippen molar-refractivity contribution in [1.29, 1.82) is 0 Å². The maximum Gasteiger partial charge on any atom is 0.0897 e. The summed E-state index contributed by atoms with van der Waals surface area (Å²) < 4.78 is 10.8. The number of nitrogens with one attached hydrogen (secondary N) is 1. The van der Waals surface area contributed by atoms with Crippen LogP contribution in [0.15, 0.2) is 24.3 Å². The highest BCUT2D eigenvalue weighted by atomic mass is 16.5. The standard InChI is InChI=1S/C16H25NO3/c1-19-10-9-17-11-14(18)12-20-16-8-4-6-13-5-2-3-7-15(13)16/h2-3,5,7,14,16-18H,4,6,8-12H2,1H3/t14-,16-/m1/s1. The Hall–Kier alpha value is -0.940. The van der Waals surface area contributed by atoms with Crippen molar-refractivity contribution in [2.45, 2.75) is 31.5 Å². The Labute approximate surface area is 121 Å². The number of ether oxygens (including phenoxy) is 2. The van der Waals surface area contributed by atoms with Crippen molar-refractivity contribution in [3.63, 3.8) is 0 Å². The van der Waals surface area contributed by atoms with Crippen molar-refractivity contribution in [3.05, 3.63) is 35.4 Å². The van der Waals surface area contributed by atoms with Gasteiger partial charge in [0.2, 0.25) is 0 Å². The van der Waals surface area contributed by atoms with E-state index in [9.17, 15) is 5.11 Å². The van der Waals surface area contributed by atoms with Gasteiger partial charge in [-0.05, 0) is 30.4 Å². The maximum absolute atomic E-state index is 9.90. The Morgan fingerprint density at radius 2 is 2.25 bits per heavy atom. The molecule has 112 valence electrons. The molecule has 2 N–H and O–H groups in total. The first-order valence-electron chi connectivity index (χ1n) is 7.38. The van der Waals surface area contributed by atoms with E-state index in [4.69, 9.17) is 9.47 Å². The summed E-state index contributed by atoms with van der Waals surface area (Å²) in [5, 5.41) is 13.0. The van der Waals surface area contributed by atoms with Crippen LogP contribution in [0.4, 0.5) is 0 Å². The quantitative estimate of drug-likeness (QED) is 0.711. The predicted octanol–water partition coefficient (Wildman–Crippen LogP) is 1.68. The fraction of sp³-hybridized carbons (Fsp3) is 0.625. The van der Waals surface area contributed by atoms with Gasteiger partial charge in [0.05, 0.1) is 25.4 Å². The second kappa shape index (κ2) is 8.37. The number of rotatable bonds is 8. The zero-order valence-corrected chi connectivity index (χ0v) is 12.2. The molecule has 0 amide bonds. The molecule has 0 spiro atoms. The van der Waals surface area contributed by atoms with Gasteiger partial charge in [0.15, 0.2) is 0 Å². The van der Waals surface area contributed by atoms with Gasteiger partial charge in [-0.15, -0.1) is 0 Å². The van der Waals surface area contributed by atoms with E-state index in [2.05, 4.69) is 29.6 Å². The molecule has 2 rings (SSSR count). The number of aryl methyl sites for hydroxylation is 1. The van der Waals surface area contributed by atoms with Crippen LogP contribution in [-0.4, -0.2) is 44.6 Å². The Kier molecular flexibility index (Phi) is 6.47. The molecular weight excluding hydrogens is 254 g/mol. The van der Waals surface area contributed by atoms with Crippen molar-refractivity contribution in [2.24, 2.45) is 0 Å².